The largest absolute Gasteiger partial charge is 0.459 e. The van der Waals surface area contributed by atoms with Gasteiger partial charge in [0.05, 0.1) is 60.7 Å². The fraction of sp³-hybridized carbons (Fsp3) is 0.736. The highest BCUT2D eigenvalue weighted by atomic mass is 16.7. The summed E-state index contributed by atoms with van der Waals surface area (Å²) in [5.74, 6) is -4.76. The molecule has 3 saturated heterocycles. The Balaban J connectivity index is 1.53. The standard InChI is InChI=1S/C53H83N3O14/c1-16-41-53(11,61)47(64-25-21-20-24-56-29-39(54-30-56)38-22-18-17-19-23-38)33(4)43(58)31(2)27-51(9,62-14)46(70-50-44(59)40(55(12)13)26-32(3)65-50)34(5)45(35(6)49(60)68-41)69-42-28-52(10,63-15)48(36(7)66-42)67-37(8)57/h17-23,29-36,40-42,44-48,50,59,61H,16,24-28H2,1-15H3/b21-20+/t31-,32-,33+,34+,35-,36+,40+,41-,42+,44-,45+,46-,47-,48+,50?,51+,52-,53-/m1/s1. The molecule has 17 heteroatoms. The molecule has 394 valence electrons. The lowest BCUT2D eigenvalue weighted by Gasteiger charge is -2.50. The first kappa shape index (κ1) is 57.3. The number of carbonyl (C=O) groups is 3. The minimum Gasteiger partial charge on any atom is -0.459 e. The number of ketones is 1. The molecule has 0 amide bonds. The number of hydrogen-bond acceptors (Lipinski definition) is 16. The van der Waals surface area contributed by atoms with E-state index in [1.807, 2.05) is 107 Å². The van der Waals surface area contributed by atoms with Crippen molar-refractivity contribution in [3.05, 3.63) is 55.0 Å². The fourth-order valence-electron chi connectivity index (χ4n) is 10.9. The Morgan fingerprint density at radius 1 is 0.914 bits per heavy atom. The van der Waals surface area contributed by atoms with E-state index < -0.39 is 108 Å². The molecule has 3 aliphatic rings. The molecule has 18 atom stereocenters. The maximum Gasteiger partial charge on any atom is 0.311 e. The maximum absolute atomic E-state index is 14.9. The van der Waals surface area contributed by atoms with E-state index in [1.54, 1.807) is 40.9 Å². The van der Waals surface area contributed by atoms with E-state index >= 15 is 0 Å². The van der Waals surface area contributed by atoms with Crippen molar-refractivity contribution in [2.24, 2.45) is 23.7 Å². The molecule has 2 N–H and O–H groups in total. The van der Waals surface area contributed by atoms with Crippen molar-refractivity contribution in [1.29, 1.82) is 0 Å². The Morgan fingerprint density at radius 2 is 1.57 bits per heavy atom. The van der Waals surface area contributed by atoms with Crippen molar-refractivity contribution in [3.63, 3.8) is 0 Å². The van der Waals surface area contributed by atoms with Crippen LogP contribution in [-0.2, 0) is 63.6 Å². The van der Waals surface area contributed by atoms with Crippen LogP contribution in [0.1, 0.15) is 102 Å². The number of carbonyl (C=O) groups excluding carboxylic acids is 3. The zero-order valence-corrected chi connectivity index (χ0v) is 44.2. The number of imidazole rings is 1. The molecule has 0 bridgehead atoms. The zero-order valence-electron chi connectivity index (χ0n) is 44.2. The lowest BCUT2D eigenvalue weighted by molar-refractivity contribution is -0.320. The van der Waals surface area contributed by atoms with Crippen molar-refractivity contribution in [1.82, 2.24) is 14.5 Å². The molecular weight excluding hydrogens is 903 g/mol. The maximum atomic E-state index is 14.9. The van der Waals surface area contributed by atoms with Crippen LogP contribution in [0.25, 0.3) is 11.3 Å². The van der Waals surface area contributed by atoms with Gasteiger partial charge in [0.1, 0.15) is 29.2 Å². The summed E-state index contributed by atoms with van der Waals surface area (Å²) in [4.78, 5) is 48.4. The zero-order chi connectivity index (χ0) is 51.9. The van der Waals surface area contributed by atoms with Gasteiger partial charge in [-0.3, -0.25) is 14.4 Å². The number of aliphatic hydroxyl groups is 2. The first-order valence-electron chi connectivity index (χ1n) is 24.9. The molecule has 4 heterocycles. The highest BCUT2D eigenvalue weighted by molar-refractivity contribution is 5.83. The summed E-state index contributed by atoms with van der Waals surface area (Å²) in [6.45, 7) is 19.6. The molecule has 3 aliphatic heterocycles. The van der Waals surface area contributed by atoms with Crippen LogP contribution in [0, 0.1) is 23.7 Å². The van der Waals surface area contributed by atoms with E-state index in [0.29, 0.717) is 13.0 Å². The molecule has 1 aromatic carbocycles. The molecular formula is C53H83N3O14. The Kier molecular flexibility index (Phi) is 20.0. The summed E-state index contributed by atoms with van der Waals surface area (Å²) in [6.07, 6.45) is -0.826. The minimum atomic E-state index is -1.86. The van der Waals surface area contributed by atoms with E-state index in [4.69, 9.17) is 42.6 Å². The van der Waals surface area contributed by atoms with Crippen LogP contribution in [0.15, 0.2) is 55.0 Å². The summed E-state index contributed by atoms with van der Waals surface area (Å²) < 4.78 is 59.6. The normalized spacial score (nSPS) is 39.4. The van der Waals surface area contributed by atoms with E-state index in [0.717, 1.165) is 11.3 Å². The van der Waals surface area contributed by atoms with Crippen LogP contribution in [0.5, 0.6) is 0 Å². The van der Waals surface area contributed by atoms with Crippen molar-refractivity contribution >= 4 is 17.7 Å². The van der Waals surface area contributed by atoms with Crippen LogP contribution in [0.3, 0.4) is 0 Å². The lowest BCUT2D eigenvalue weighted by atomic mass is 9.73. The van der Waals surface area contributed by atoms with Gasteiger partial charge in [-0.15, -0.1) is 0 Å². The van der Waals surface area contributed by atoms with Crippen molar-refractivity contribution in [2.45, 2.75) is 193 Å². The molecule has 2 aromatic rings. The number of aliphatic hydroxyl groups excluding tert-OH is 1. The molecule has 1 aromatic heterocycles. The molecule has 70 heavy (non-hydrogen) atoms. The smallest absolute Gasteiger partial charge is 0.311 e. The first-order chi connectivity index (χ1) is 32.9. The average Bonchev–Trinajstić information content (AvgIpc) is 3.80. The number of benzene rings is 1. The fourth-order valence-corrected chi connectivity index (χ4v) is 10.9. The highest BCUT2D eigenvalue weighted by Gasteiger charge is 2.55. The summed E-state index contributed by atoms with van der Waals surface area (Å²) in [7, 11) is 6.84. The molecule has 3 fully saturated rings. The van der Waals surface area contributed by atoms with Gasteiger partial charge in [-0.25, -0.2) is 4.98 Å². The molecule has 5 rings (SSSR count). The Bertz CT molecular complexity index is 2030. The number of esters is 2. The number of likely N-dealkylation sites (N-methyl/N-ethyl adjacent to an activating group) is 1. The predicted octanol–water partition coefficient (Wildman–Crippen LogP) is 6.15. The van der Waals surface area contributed by atoms with Crippen LogP contribution < -0.4 is 0 Å². The van der Waals surface area contributed by atoms with Gasteiger partial charge < -0.3 is 62.3 Å². The molecule has 0 radical (unpaired) electrons. The third kappa shape index (κ3) is 13.3. The second kappa shape index (κ2) is 24.4. The second-order valence-corrected chi connectivity index (χ2v) is 20.8. The van der Waals surface area contributed by atoms with Crippen molar-refractivity contribution in [2.75, 3.05) is 34.9 Å². The summed E-state index contributed by atoms with van der Waals surface area (Å²) in [5.41, 5.74) is -2.34. The van der Waals surface area contributed by atoms with Crippen LogP contribution in [0.2, 0.25) is 0 Å². The van der Waals surface area contributed by atoms with Gasteiger partial charge in [-0.2, -0.15) is 0 Å². The van der Waals surface area contributed by atoms with Gasteiger partial charge in [0.2, 0.25) is 0 Å². The average molecular weight is 986 g/mol. The number of nitrogens with zero attached hydrogens (tertiary/aromatic N) is 3. The van der Waals surface area contributed by atoms with Crippen LogP contribution >= 0.6 is 0 Å². The monoisotopic (exact) mass is 986 g/mol. The molecule has 1 unspecified atom stereocenters. The van der Waals surface area contributed by atoms with Crippen molar-refractivity contribution < 1.29 is 67.2 Å². The van der Waals surface area contributed by atoms with Crippen molar-refractivity contribution in [3.8, 4) is 11.3 Å². The Hall–Kier alpha value is -3.62. The topological polar surface area (TPSA) is 196 Å². The number of cyclic esters (lactones) is 1. The van der Waals surface area contributed by atoms with E-state index in [-0.39, 0.29) is 43.8 Å². The number of hydrogen-bond donors (Lipinski definition) is 2. The Morgan fingerprint density at radius 3 is 2.19 bits per heavy atom. The lowest BCUT2D eigenvalue weighted by Crippen LogP contribution is -2.62. The van der Waals surface area contributed by atoms with E-state index in [9.17, 15) is 24.6 Å². The Labute approximate surface area is 415 Å². The van der Waals surface area contributed by atoms with Gasteiger partial charge in [-0.05, 0) is 74.9 Å². The van der Waals surface area contributed by atoms with Gasteiger partial charge in [0, 0.05) is 69.7 Å². The molecule has 0 saturated carbocycles. The van der Waals surface area contributed by atoms with E-state index in [1.165, 1.54) is 21.1 Å². The molecule has 0 spiro atoms. The third-order valence-corrected chi connectivity index (χ3v) is 15.0. The van der Waals surface area contributed by atoms with Gasteiger partial charge >= 0.3 is 11.9 Å². The number of methoxy groups -OCH3 is 2. The summed E-state index contributed by atoms with van der Waals surface area (Å²) >= 11 is 0. The van der Waals surface area contributed by atoms with Gasteiger partial charge in [0.15, 0.2) is 18.7 Å². The van der Waals surface area contributed by atoms with E-state index in [2.05, 4.69) is 4.98 Å². The summed E-state index contributed by atoms with van der Waals surface area (Å²) in [6, 6.07) is 9.58. The minimum absolute atomic E-state index is 0.0432. The highest BCUT2D eigenvalue weighted by Crippen LogP contribution is 2.42. The number of ether oxygens (including phenoxy) is 9. The third-order valence-electron chi connectivity index (χ3n) is 15.0. The number of aromatic nitrogens is 2. The number of allylic oxidation sites excluding steroid dienone is 1. The van der Waals surface area contributed by atoms with Crippen LogP contribution in [0.4, 0.5) is 0 Å². The predicted molar refractivity (Wildman–Crippen MR) is 261 cm³/mol. The number of rotatable bonds is 15. The molecule has 0 aliphatic carbocycles. The quantitative estimate of drug-likeness (QED) is 0.152. The van der Waals surface area contributed by atoms with Gasteiger partial charge in [0.25, 0.3) is 0 Å². The van der Waals surface area contributed by atoms with Gasteiger partial charge in [-0.1, -0.05) is 70.2 Å². The second-order valence-electron chi connectivity index (χ2n) is 20.8. The first-order valence-corrected chi connectivity index (χ1v) is 24.9. The van der Waals surface area contributed by atoms with Crippen LogP contribution in [-0.4, -0.2) is 162 Å². The molecule has 17 nitrogen and oxygen atoms in total. The SMILES string of the molecule is CC[C@H]1OC(=O)[C@H](C)[C@@H](O[C@H]2C[C@@](C)(OC)[C@@H](OC(C)=O)[C@H](C)O2)[C@H](C)[C@@H](OC2O[C@H](C)C[C@H](N(C)C)[C@H]2O)[C@@](C)(OC)C[C@@H](C)C(=O)[C@H](C)[C@@H](OC/C=C/Cn2cnc(-c3ccccc3)c2)[C@]1(C)O. The summed E-state index contributed by atoms with van der Waals surface area (Å²) in [5, 5.41) is 24.4. The number of Topliss-reactive ketones (excluding diaryl/α,β-unsaturated/α-hetero) is 1.